The lowest BCUT2D eigenvalue weighted by atomic mass is 9.89. The highest BCUT2D eigenvalue weighted by molar-refractivity contribution is 6.12. The van der Waals surface area contributed by atoms with Gasteiger partial charge in [0.05, 0.1) is 51.6 Å². The Morgan fingerprint density at radius 3 is 1.62 bits per heavy atom. The molecule has 0 fully saturated rings. The van der Waals surface area contributed by atoms with Crippen molar-refractivity contribution in [3.05, 3.63) is 175 Å². The van der Waals surface area contributed by atoms with Crippen molar-refractivity contribution < 1.29 is 0 Å². The van der Waals surface area contributed by atoms with Crippen LogP contribution in [-0.2, 0) is 0 Å². The third-order valence-corrected chi connectivity index (χ3v) is 9.40. The lowest BCUT2D eigenvalue weighted by molar-refractivity contribution is 1.17. The van der Waals surface area contributed by atoms with E-state index in [0.717, 1.165) is 66.5 Å². The second-order valence-corrected chi connectivity index (χ2v) is 11.9. The molecule has 48 heavy (non-hydrogen) atoms. The number of para-hydroxylation sites is 4. The van der Waals surface area contributed by atoms with Gasteiger partial charge in [-0.1, -0.05) is 109 Å². The van der Waals surface area contributed by atoms with Crippen LogP contribution in [0.4, 0.5) is 5.69 Å². The molecule has 4 nitrogen and oxygen atoms in total. The minimum Gasteiger partial charge on any atom is -0.309 e. The topological polar surface area (TPSA) is 38.0 Å². The van der Waals surface area contributed by atoms with E-state index in [1.54, 1.807) is 0 Å². The van der Waals surface area contributed by atoms with Crippen molar-refractivity contribution in [2.75, 3.05) is 0 Å². The summed E-state index contributed by atoms with van der Waals surface area (Å²) < 4.78 is 4.65. The van der Waals surface area contributed by atoms with Crippen LogP contribution in [0.2, 0.25) is 0 Å². The number of fused-ring (bicyclic) bond motifs is 6. The second kappa shape index (κ2) is 10.9. The van der Waals surface area contributed by atoms with Crippen molar-refractivity contribution >= 4 is 49.3 Å². The van der Waals surface area contributed by atoms with E-state index in [-0.39, 0.29) is 0 Å². The Morgan fingerprint density at radius 2 is 0.958 bits per heavy atom. The van der Waals surface area contributed by atoms with Crippen LogP contribution in [0, 0.1) is 17.9 Å². The zero-order chi connectivity index (χ0) is 32.2. The Balaban J connectivity index is 1.42. The molecule has 0 bridgehead atoms. The van der Waals surface area contributed by atoms with Crippen LogP contribution in [0.5, 0.6) is 0 Å². The first-order chi connectivity index (χ1) is 23.8. The molecule has 4 heteroatoms. The molecule has 0 aliphatic carbocycles. The fourth-order valence-corrected chi connectivity index (χ4v) is 7.40. The van der Waals surface area contributed by atoms with Crippen LogP contribution >= 0.6 is 0 Å². The zero-order valence-electron chi connectivity index (χ0n) is 25.8. The molecule has 0 saturated carbocycles. The Morgan fingerprint density at radius 1 is 0.458 bits per heavy atom. The normalized spacial score (nSPS) is 11.3. The van der Waals surface area contributed by atoms with E-state index >= 15 is 0 Å². The molecule has 0 atom stereocenters. The molecule has 2 aromatic heterocycles. The molecule has 0 saturated heterocycles. The SMILES string of the molecule is [C-]#[N+]c1ccc2c(c1)c1ccccc1n2-c1cccc(-c2ccccc2-n2c3ccccc3c3ccccc32)c1-c1ccccc1C#N. The largest absolute Gasteiger partial charge is 0.309 e. The third kappa shape index (κ3) is 4.01. The van der Waals surface area contributed by atoms with Gasteiger partial charge in [0.15, 0.2) is 5.69 Å². The summed E-state index contributed by atoms with van der Waals surface area (Å²) in [5.41, 5.74) is 11.5. The molecule has 0 aliphatic heterocycles. The monoisotopic (exact) mass is 610 g/mol. The van der Waals surface area contributed by atoms with Gasteiger partial charge in [0.1, 0.15) is 0 Å². The number of rotatable bonds is 4. The molecular formula is C44H26N4. The number of nitrogens with zero attached hydrogens (tertiary/aromatic N) is 4. The van der Waals surface area contributed by atoms with Crippen molar-refractivity contribution in [2.24, 2.45) is 0 Å². The molecule has 0 N–H and O–H groups in total. The number of hydrogen-bond acceptors (Lipinski definition) is 1. The van der Waals surface area contributed by atoms with Crippen molar-refractivity contribution in [2.45, 2.75) is 0 Å². The van der Waals surface area contributed by atoms with Crippen molar-refractivity contribution in [3.8, 4) is 39.7 Å². The summed E-state index contributed by atoms with van der Waals surface area (Å²) in [5, 5.41) is 14.9. The summed E-state index contributed by atoms with van der Waals surface area (Å²) in [5.74, 6) is 0. The van der Waals surface area contributed by atoms with Crippen LogP contribution in [0.1, 0.15) is 5.56 Å². The van der Waals surface area contributed by atoms with Gasteiger partial charge in [-0.2, -0.15) is 5.26 Å². The second-order valence-electron chi connectivity index (χ2n) is 11.9. The van der Waals surface area contributed by atoms with Crippen molar-refractivity contribution in [3.63, 3.8) is 0 Å². The van der Waals surface area contributed by atoms with Crippen molar-refractivity contribution in [1.82, 2.24) is 9.13 Å². The van der Waals surface area contributed by atoms with E-state index in [2.05, 4.69) is 135 Å². The van der Waals surface area contributed by atoms with Crippen LogP contribution < -0.4 is 0 Å². The molecule has 222 valence electrons. The maximum Gasteiger partial charge on any atom is 0.188 e. The molecule has 9 rings (SSSR count). The zero-order valence-corrected chi connectivity index (χ0v) is 25.8. The molecule has 9 aromatic rings. The van der Waals surface area contributed by atoms with E-state index in [1.165, 1.54) is 10.8 Å². The molecule has 0 aliphatic rings. The average Bonchev–Trinajstić information content (AvgIpc) is 3.67. The minimum absolute atomic E-state index is 0.606. The van der Waals surface area contributed by atoms with Crippen LogP contribution in [0.3, 0.4) is 0 Å². The van der Waals surface area contributed by atoms with Gasteiger partial charge in [0.2, 0.25) is 0 Å². The van der Waals surface area contributed by atoms with Gasteiger partial charge in [-0.15, -0.1) is 0 Å². The molecule has 0 spiro atoms. The van der Waals surface area contributed by atoms with E-state index in [4.69, 9.17) is 6.57 Å². The van der Waals surface area contributed by atoms with E-state index in [1.807, 2.05) is 42.5 Å². The maximum atomic E-state index is 10.4. The van der Waals surface area contributed by atoms with Crippen LogP contribution in [0.15, 0.2) is 158 Å². The Kier molecular flexibility index (Phi) is 6.22. The molecule has 0 amide bonds. The van der Waals surface area contributed by atoms with Gasteiger partial charge in [-0.25, -0.2) is 4.85 Å². The van der Waals surface area contributed by atoms with Gasteiger partial charge in [0.25, 0.3) is 0 Å². The quantitative estimate of drug-likeness (QED) is 0.183. The highest BCUT2D eigenvalue weighted by Gasteiger charge is 2.23. The highest BCUT2D eigenvalue weighted by atomic mass is 15.0. The predicted molar refractivity (Wildman–Crippen MR) is 197 cm³/mol. The summed E-state index contributed by atoms with van der Waals surface area (Å²) in [6.07, 6.45) is 0. The predicted octanol–water partition coefficient (Wildman–Crippen LogP) is 11.6. The minimum atomic E-state index is 0.606. The standard InChI is InChI=1S/C44H26N4/c1-46-30-25-26-42-37(27-30)35-18-7-11-23-41(35)48(42)43-24-12-19-36(44(43)31-14-3-2-13-29(31)28-45)34-17-6-10-22-40(34)47-38-20-8-4-15-32(38)33-16-5-9-21-39(33)47/h2-27H. The van der Waals surface area contributed by atoms with Gasteiger partial charge in [-0.05, 0) is 59.5 Å². The van der Waals surface area contributed by atoms with Crippen molar-refractivity contribution in [1.29, 1.82) is 5.26 Å². The smallest absolute Gasteiger partial charge is 0.188 e. The van der Waals surface area contributed by atoms with Crippen LogP contribution in [-0.4, -0.2) is 9.13 Å². The third-order valence-electron chi connectivity index (χ3n) is 9.40. The van der Waals surface area contributed by atoms with Gasteiger partial charge >= 0.3 is 0 Å². The van der Waals surface area contributed by atoms with E-state index < -0.39 is 0 Å². The summed E-state index contributed by atoms with van der Waals surface area (Å²) >= 11 is 0. The lowest BCUT2D eigenvalue weighted by Gasteiger charge is -2.21. The average molecular weight is 611 g/mol. The number of benzene rings is 7. The summed E-state index contributed by atoms with van der Waals surface area (Å²) in [6, 6.07) is 56.7. The first-order valence-corrected chi connectivity index (χ1v) is 15.9. The molecule has 0 unspecified atom stereocenters. The Hall–Kier alpha value is -6.88. The molecule has 2 heterocycles. The lowest BCUT2D eigenvalue weighted by Crippen LogP contribution is -2.02. The maximum absolute atomic E-state index is 10.4. The summed E-state index contributed by atoms with van der Waals surface area (Å²) in [4.78, 5) is 3.73. The highest BCUT2D eigenvalue weighted by Crippen LogP contribution is 2.45. The molecule has 7 aromatic carbocycles. The van der Waals surface area contributed by atoms with Gasteiger partial charge in [-0.3, -0.25) is 0 Å². The fourth-order valence-electron chi connectivity index (χ4n) is 7.40. The van der Waals surface area contributed by atoms with E-state index in [9.17, 15) is 5.26 Å². The number of aromatic nitrogens is 2. The Labute approximate surface area is 277 Å². The summed E-state index contributed by atoms with van der Waals surface area (Å²) in [7, 11) is 0. The number of nitriles is 1. The van der Waals surface area contributed by atoms with Crippen LogP contribution in [0.25, 0.3) is 82.1 Å². The molecular weight excluding hydrogens is 585 g/mol. The first-order valence-electron chi connectivity index (χ1n) is 15.9. The van der Waals surface area contributed by atoms with Gasteiger partial charge < -0.3 is 9.13 Å². The van der Waals surface area contributed by atoms with Gasteiger partial charge in [0, 0.05) is 32.8 Å². The Bertz CT molecular complexity index is 2760. The fraction of sp³-hybridized carbons (Fsp3) is 0. The van der Waals surface area contributed by atoms with E-state index in [0.29, 0.717) is 11.3 Å². The molecule has 0 radical (unpaired) electrons. The first kappa shape index (κ1) is 27.4. The number of hydrogen-bond donors (Lipinski definition) is 0. The summed E-state index contributed by atoms with van der Waals surface area (Å²) in [6.45, 7) is 7.68.